The van der Waals surface area contributed by atoms with Crippen LogP contribution in [0.25, 0.3) is 10.6 Å². The Morgan fingerprint density at radius 2 is 1.76 bits per heavy atom. The molecule has 196 valence electrons. The van der Waals surface area contributed by atoms with Gasteiger partial charge in [-0.2, -0.15) is 0 Å². The molecule has 0 bridgehead atoms. The van der Waals surface area contributed by atoms with Crippen LogP contribution in [0.2, 0.25) is 0 Å². The highest BCUT2D eigenvalue weighted by Gasteiger charge is 2.27. The number of aryl methyl sites for hydroxylation is 2. The number of aromatic nitrogens is 2. The van der Waals surface area contributed by atoms with E-state index in [-0.39, 0.29) is 24.9 Å². The summed E-state index contributed by atoms with van der Waals surface area (Å²) in [6.45, 7) is 8.34. The zero-order valence-corrected chi connectivity index (χ0v) is 23.0. The van der Waals surface area contributed by atoms with Crippen molar-refractivity contribution in [3.8, 4) is 10.6 Å². The number of hydrogen-bond acceptors (Lipinski definition) is 7. The zero-order chi connectivity index (χ0) is 26.4. The number of anilines is 1. The van der Waals surface area contributed by atoms with E-state index >= 15 is 0 Å². The molecule has 3 aromatic rings. The lowest BCUT2D eigenvalue weighted by Crippen LogP contribution is -2.48. The molecule has 2 aromatic carbocycles. The number of amides is 2. The SMILES string of the molecule is CCCCCNC(=O)CN(CC(=O)N(C)N1Cc2ccccc2C1)c1ccc(-c2nnc(C)s2)cc1C. The molecule has 1 N–H and O–H groups in total. The first-order valence-electron chi connectivity index (χ1n) is 12.9. The van der Waals surface area contributed by atoms with Gasteiger partial charge in [0.25, 0.3) is 5.91 Å². The van der Waals surface area contributed by atoms with Crippen LogP contribution in [0.3, 0.4) is 0 Å². The molecule has 0 radical (unpaired) electrons. The summed E-state index contributed by atoms with van der Waals surface area (Å²) >= 11 is 1.54. The molecular weight excluding hydrogens is 484 g/mol. The lowest BCUT2D eigenvalue weighted by atomic mass is 10.1. The molecule has 2 amide bonds. The average molecular weight is 521 g/mol. The third-order valence-corrected chi connectivity index (χ3v) is 7.57. The highest BCUT2D eigenvalue weighted by Crippen LogP contribution is 2.29. The predicted molar refractivity (Wildman–Crippen MR) is 148 cm³/mol. The second kappa shape index (κ2) is 12.3. The van der Waals surface area contributed by atoms with E-state index in [1.807, 2.05) is 61.1 Å². The van der Waals surface area contributed by atoms with Crippen molar-refractivity contribution in [1.82, 2.24) is 25.5 Å². The maximum Gasteiger partial charge on any atom is 0.256 e. The lowest BCUT2D eigenvalue weighted by molar-refractivity contribution is -0.145. The van der Waals surface area contributed by atoms with E-state index in [2.05, 4.69) is 34.6 Å². The number of hydrazine groups is 1. The van der Waals surface area contributed by atoms with E-state index in [0.29, 0.717) is 19.6 Å². The Balaban J connectivity index is 1.50. The number of unbranched alkanes of at least 4 members (excludes halogenated alkanes) is 2. The van der Waals surface area contributed by atoms with E-state index in [4.69, 9.17) is 0 Å². The summed E-state index contributed by atoms with van der Waals surface area (Å²) in [6, 6.07) is 14.3. The molecule has 8 nitrogen and oxygen atoms in total. The Bertz CT molecular complexity index is 1220. The first kappa shape index (κ1) is 26.8. The van der Waals surface area contributed by atoms with Crippen LogP contribution in [0.15, 0.2) is 42.5 Å². The van der Waals surface area contributed by atoms with Gasteiger partial charge in [-0.05, 0) is 55.2 Å². The van der Waals surface area contributed by atoms with Crippen LogP contribution in [0, 0.1) is 13.8 Å². The number of benzene rings is 2. The largest absolute Gasteiger partial charge is 0.355 e. The monoisotopic (exact) mass is 520 g/mol. The summed E-state index contributed by atoms with van der Waals surface area (Å²) in [5, 5.41) is 16.9. The highest BCUT2D eigenvalue weighted by molar-refractivity contribution is 7.14. The van der Waals surface area contributed by atoms with Gasteiger partial charge in [0, 0.05) is 37.9 Å². The van der Waals surface area contributed by atoms with Gasteiger partial charge in [0.15, 0.2) is 0 Å². The van der Waals surface area contributed by atoms with E-state index in [0.717, 1.165) is 46.1 Å². The van der Waals surface area contributed by atoms with Crippen molar-refractivity contribution in [2.24, 2.45) is 0 Å². The summed E-state index contributed by atoms with van der Waals surface area (Å²) in [4.78, 5) is 28.2. The van der Waals surface area contributed by atoms with Crippen LogP contribution >= 0.6 is 11.3 Å². The summed E-state index contributed by atoms with van der Waals surface area (Å²) < 4.78 is 0. The molecule has 2 heterocycles. The van der Waals surface area contributed by atoms with E-state index in [1.54, 1.807) is 16.3 Å². The summed E-state index contributed by atoms with van der Waals surface area (Å²) in [6.07, 6.45) is 3.13. The zero-order valence-electron chi connectivity index (χ0n) is 22.2. The summed E-state index contributed by atoms with van der Waals surface area (Å²) in [5.74, 6) is -0.141. The van der Waals surface area contributed by atoms with Gasteiger partial charge in [-0.3, -0.25) is 14.6 Å². The normalized spacial score (nSPS) is 12.9. The Kier molecular flexibility index (Phi) is 8.89. The maximum absolute atomic E-state index is 13.4. The molecule has 1 aromatic heterocycles. The van der Waals surface area contributed by atoms with Crippen LogP contribution in [-0.4, -0.2) is 58.7 Å². The minimum Gasteiger partial charge on any atom is -0.355 e. The molecule has 0 spiro atoms. The van der Waals surface area contributed by atoms with Crippen LogP contribution in [0.4, 0.5) is 5.69 Å². The summed E-state index contributed by atoms with van der Waals surface area (Å²) in [7, 11) is 1.81. The Labute approximate surface area is 223 Å². The minimum atomic E-state index is -0.0802. The number of carbonyl (C=O) groups is 2. The molecule has 0 saturated carbocycles. The first-order valence-corrected chi connectivity index (χ1v) is 13.7. The number of fused-ring (bicyclic) bond motifs is 1. The van der Waals surface area contributed by atoms with Crippen molar-refractivity contribution in [2.75, 3.05) is 31.6 Å². The fraction of sp³-hybridized carbons (Fsp3) is 0.429. The van der Waals surface area contributed by atoms with Gasteiger partial charge in [-0.1, -0.05) is 55.4 Å². The minimum absolute atomic E-state index is 0.0604. The summed E-state index contributed by atoms with van der Waals surface area (Å²) in [5.41, 5.74) is 5.30. The molecule has 0 atom stereocenters. The van der Waals surface area contributed by atoms with E-state index in [1.165, 1.54) is 11.1 Å². The van der Waals surface area contributed by atoms with Crippen molar-refractivity contribution in [3.05, 3.63) is 64.2 Å². The fourth-order valence-corrected chi connectivity index (χ4v) is 5.25. The Morgan fingerprint density at radius 3 is 2.38 bits per heavy atom. The number of carbonyl (C=O) groups excluding carboxylic acids is 2. The van der Waals surface area contributed by atoms with Gasteiger partial charge in [-0.15, -0.1) is 10.2 Å². The second-order valence-corrected chi connectivity index (χ2v) is 10.7. The number of likely N-dealkylation sites (N-methyl/N-ethyl adjacent to an activating group) is 1. The highest BCUT2D eigenvalue weighted by atomic mass is 32.1. The number of rotatable bonds is 11. The third-order valence-electron chi connectivity index (χ3n) is 6.68. The van der Waals surface area contributed by atoms with Crippen molar-refractivity contribution in [2.45, 2.75) is 53.1 Å². The van der Waals surface area contributed by atoms with Crippen LogP contribution < -0.4 is 10.2 Å². The van der Waals surface area contributed by atoms with Crippen molar-refractivity contribution in [3.63, 3.8) is 0 Å². The molecule has 0 fully saturated rings. The molecule has 0 unspecified atom stereocenters. The first-order chi connectivity index (χ1) is 17.9. The van der Waals surface area contributed by atoms with Crippen LogP contribution in [-0.2, 0) is 22.7 Å². The Hall–Kier alpha value is -3.30. The topological polar surface area (TPSA) is 81.7 Å². The quantitative estimate of drug-likeness (QED) is 0.379. The lowest BCUT2D eigenvalue weighted by Gasteiger charge is -2.32. The molecule has 0 saturated heterocycles. The molecular formula is C28H36N6O2S. The molecule has 1 aliphatic rings. The molecule has 1 aliphatic heterocycles. The van der Waals surface area contributed by atoms with Crippen LogP contribution in [0.1, 0.15) is 47.9 Å². The fourth-order valence-electron chi connectivity index (χ4n) is 4.57. The maximum atomic E-state index is 13.4. The van der Waals surface area contributed by atoms with Crippen molar-refractivity contribution >= 4 is 28.8 Å². The standard InChI is InChI=1S/C28H36N6O2S/c1-5-6-9-14-29-26(35)18-33(25-13-12-22(15-20(25)2)28-31-30-21(3)37-28)19-27(36)32(4)34-16-23-10-7-8-11-24(23)17-34/h7-8,10-13,15H,5-6,9,14,16-19H2,1-4H3,(H,29,35). The Morgan fingerprint density at radius 1 is 1.03 bits per heavy atom. The molecule has 37 heavy (non-hydrogen) atoms. The van der Waals surface area contributed by atoms with E-state index in [9.17, 15) is 9.59 Å². The number of hydrogen-bond donors (Lipinski definition) is 1. The van der Waals surface area contributed by atoms with Gasteiger partial charge in [-0.25, -0.2) is 5.01 Å². The number of nitrogens with one attached hydrogen (secondary N) is 1. The third kappa shape index (κ3) is 6.72. The molecule has 9 heteroatoms. The second-order valence-electron chi connectivity index (χ2n) is 9.55. The smallest absolute Gasteiger partial charge is 0.256 e. The molecule has 0 aliphatic carbocycles. The number of nitrogens with zero attached hydrogens (tertiary/aromatic N) is 5. The average Bonchev–Trinajstić information content (AvgIpc) is 3.52. The van der Waals surface area contributed by atoms with Gasteiger partial charge >= 0.3 is 0 Å². The van der Waals surface area contributed by atoms with Gasteiger partial charge in [0.05, 0.1) is 13.1 Å². The van der Waals surface area contributed by atoms with Gasteiger partial charge < -0.3 is 10.2 Å². The predicted octanol–water partition coefficient (Wildman–Crippen LogP) is 4.32. The van der Waals surface area contributed by atoms with Gasteiger partial charge in [0.2, 0.25) is 5.91 Å². The van der Waals surface area contributed by atoms with Crippen molar-refractivity contribution < 1.29 is 9.59 Å². The van der Waals surface area contributed by atoms with Crippen molar-refractivity contribution in [1.29, 1.82) is 0 Å². The van der Waals surface area contributed by atoms with Gasteiger partial charge in [0.1, 0.15) is 10.0 Å². The van der Waals surface area contributed by atoms with Crippen LogP contribution in [0.5, 0.6) is 0 Å². The molecule has 4 rings (SSSR count). The van der Waals surface area contributed by atoms with E-state index < -0.39 is 0 Å².